The molecule has 3 aromatic heterocycles. The smallest absolute Gasteiger partial charge is 0.243 e. The van der Waals surface area contributed by atoms with Crippen LogP contribution in [0.15, 0.2) is 53.7 Å². The highest BCUT2D eigenvalue weighted by atomic mass is 32.2. The lowest BCUT2D eigenvalue weighted by atomic mass is 10.0. The van der Waals surface area contributed by atoms with Crippen LogP contribution in [0.1, 0.15) is 18.4 Å². The third-order valence-electron chi connectivity index (χ3n) is 6.66. The maximum absolute atomic E-state index is 13.5. The van der Waals surface area contributed by atoms with E-state index in [0.29, 0.717) is 43.0 Å². The van der Waals surface area contributed by atoms with E-state index in [1.807, 2.05) is 25.2 Å². The highest BCUT2D eigenvalue weighted by molar-refractivity contribution is 7.89. The van der Waals surface area contributed by atoms with Gasteiger partial charge in [-0.3, -0.25) is 9.67 Å². The van der Waals surface area contributed by atoms with Crippen LogP contribution in [-0.2, 0) is 17.1 Å². The van der Waals surface area contributed by atoms with E-state index >= 15 is 0 Å². The van der Waals surface area contributed by atoms with Gasteiger partial charge in [0.1, 0.15) is 17.0 Å². The van der Waals surface area contributed by atoms with Crippen LogP contribution >= 0.6 is 0 Å². The molecule has 11 heteroatoms. The molecule has 1 fully saturated rings. The van der Waals surface area contributed by atoms with Crippen LogP contribution in [0.2, 0.25) is 0 Å². The lowest BCUT2D eigenvalue weighted by Gasteiger charge is -2.36. The second-order valence-corrected chi connectivity index (χ2v) is 10.7. The van der Waals surface area contributed by atoms with Crippen molar-refractivity contribution in [2.45, 2.75) is 30.7 Å². The van der Waals surface area contributed by atoms with Crippen LogP contribution in [-0.4, -0.2) is 63.9 Å². The number of halogens is 1. The van der Waals surface area contributed by atoms with Crippen molar-refractivity contribution in [2.75, 3.05) is 25.0 Å². The fourth-order valence-corrected chi connectivity index (χ4v) is 6.30. The molecule has 5 rings (SSSR count). The largest absolute Gasteiger partial charge is 0.353 e. The normalized spacial score (nSPS) is 15.3. The zero-order valence-electron chi connectivity index (χ0n) is 19.8. The second kappa shape index (κ2) is 8.97. The summed E-state index contributed by atoms with van der Waals surface area (Å²) in [7, 11) is -0.286. The maximum atomic E-state index is 13.5. The molecule has 0 radical (unpaired) electrons. The Morgan fingerprint density at radius 2 is 1.86 bits per heavy atom. The van der Waals surface area contributed by atoms with Crippen LogP contribution in [0.4, 0.5) is 10.2 Å². The first kappa shape index (κ1) is 23.3. The second-order valence-electron chi connectivity index (χ2n) is 8.76. The van der Waals surface area contributed by atoms with Gasteiger partial charge >= 0.3 is 0 Å². The molecule has 1 aromatic carbocycles. The lowest BCUT2D eigenvalue weighted by molar-refractivity contribution is 0.311. The number of benzene rings is 1. The number of anilines is 1. The van der Waals surface area contributed by atoms with Gasteiger partial charge in [0.15, 0.2) is 5.82 Å². The molecule has 1 aliphatic heterocycles. The zero-order chi connectivity index (χ0) is 24.7. The average Bonchev–Trinajstić information content (AvgIpc) is 3.28. The van der Waals surface area contributed by atoms with Crippen LogP contribution in [0.3, 0.4) is 0 Å². The summed E-state index contributed by atoms with van der Waals surface area (Å²) in [6.07, 6.45) is 4.69. The Morgan fingerprint density at radius 3 is 2.54 bits per heavy atom. The molecule has 35 heavy (non-hydrogen) atoms. The van der Waals surface area contributed by atoms with Gasteiger partial charge in [-0.1, -0.05) is 0 Å². The van der Waals surface area contributed by atoms with E-state index in [1.165, 1.54) is 22.5 Å². The molecule has 182 valence electrons. The number of nitrogens with zero attached hydrogens (tertiary/aromatic N) is 7. The summed E-state index contributed by atoms with van der Waals surface area (Å²) in [5.74, 6) is 0.235. The molecule has 0 amide bonds. The molecule has 1 saturated heterocycles. The van der Waals surface area contributed by atoms with E-state index in [-0.39, 0.29) is 10.9 Å². The van der Waals surface area contributed by atoms with Crippen molar-refractivity contribution < 1.29 is 12.8 Å². The highest BCUT2D eigenvalue weighted by Gasteiger charge is 2.33. The summed E-state index contributed by atoms with van der Waals surface area (Å²) in [6.45, 7) is 2.83. The van der Waals surface area contributed by atoms with E-state index in [2.05, 4.69) is 25.2 Å². The molecule has 4 heterocycles. The van der Waals surface area contributed by atoms with Crippen molar-refractivity contribution in [1.29, 1.82) is 0 Å². The Kier molecular flexibility index (Phi) is 5.97. The van der Waals surface area contributed by atoms with Crippen molar-refractivity contribution in [3.8, 4) is 11.4 Å². The molecule has 1 aliphatic rings. The number of pyridine rings is 1. The predicted molar refractivity (Wildman–Crippen MR) is 131 cm³/mol. The minimum Gasteiger partial charge on any atom is -0.353 e. The van der Waals surface area contributed by atoms with Gasteiger partial charge in [-0.05, 0) is 61.7 Å². The Morgan fingerprint density at radius 1 is 1.09 bits per heavy atom. The van der Waals surface area contributed by atoms with Crippen LogP contribution in [0.5, 0.6) is 0 Å². The van der Waals surface area contributed by atoms with E-state index in [0.717, 1.165) is 16.6 Å². The Labute approximate surface area is 203 Å². The number of piperidine rings is 1. The molecule has 0 aliphatic carbocycles. The third kappa shape index (κ3) is 4.14. The van der Waals surface area contributed by atoms with E-state index in [4.69, 9.17) is 0 Å². The first-order valence-electron chi connectivity index (χ1n) is 11.4. The Bertz CT molecular complexity index is 1500. The maximum Gasteiger partial charge on any atom is 0.243 e. The first-order chi connectivity index (χ1) is 16.8. The van der Waals surface area contributed by atoms with Crippen molar-refractivity contribution in [3.05, 3.63) is 60.2 Å². The van der Waals surface area contributed by atoms with Gasteiger partial charge in [0, 0.05) is 51.0 Å². The van der Waals surface area contributed by atoms with E-state index in [1.54, 1.807) is 31.0 Å². The van der Waals surface area contributed by atoms with Gasteiger partial charge in [0.2, 0.25) is 10.0 Å². The average molecular weight is 496 g/mol. The van der Waals surface area contributed by atoms with Crippen molar-refractivity contribution in [3.63, 3.8) is 0 Å². The summed E-state index contributed by atoms with van der Waals surface area (Å²) < 4.78 is 43.1. The number of hydrogen-bond donors (Lipinski definition) is 0. The number of hydrogen-bond acceptors (Lipinski definition) is 7. The Balaban J connectivity index is 1.38. The number of aromatic nitrogens is 5. The van der Waals surface area contributed by atoms with Crippen molar-refractivity contribution >= 4 is 26.7 Å². The summed E-state index contributed by atoms with van der Waals surface area (Å²) in [6, 6.07) is 9.32. The molecule has 0 N–H and O–H groups in total. The molecule has 9 nitrogen and oxygen atoms in total. The van der Waals surface area contributed by atoms with E-state index in [9.17, 15) is 12.8 Å². The SMILES string of the molecule is Cc1cc(F)ccc1S(=O)(=O)N(C)C1CCN(c2nnc(-c3ccnn3C)c3cccnc23)CC1. The first-order valence-corrected chi connectivity index (χ1v) is 12.8. The van der Waals surface area contributed by atoms with Gasteiger partial charge < -0.3 is 4.90 Å². The van der Waals surface area contributed by atoms with Crippen LogP contribution in [0.25, 0.3) is 22.3 Å². The van der Waals surface area contributed by atoms with Gasteiger partial charge in [0.05, 0.1) is 10.6 Å². The number of rotatable bonds is 5. The Hall–Kier alpha value is -3.44. The number of aryl methyl sites for hydroxylation is 2. The molecular weight excluding hydrogens is 469 g/mol. The standard InChI is InChI=1S/C24H26FN7O2S/c1-16-15-17(25)6-7-21(16)35(33,34)31(3)18-9-13-32(14-10-18)24-23-19(5-4-11-26-23)22(28-29-24)20-8-12-27-30(20)2/h4-8,11-12,15,18H,9-10,13-14H2,1-3H3. The minimum absolute atomic E-state index is 0.135. The van der Waals surface area contributed by atoms with Gasteiger partial charge in [-0.25, -0.2) is 12.8 Å². The molecule has 0 spiro atoms. The molecule has 0 saturated carbocycles. The molecule has 0 unspecified atom stereocenters. The summed E-state index contributed by atoms with van der Waals surface area (Å²) in [5, 5.41) is 14.1. The summed E-state index contributed by atoms with van der Waals surface area (Å²) >= 11 is 0. The zero-order valence-corrected chi connectivity index (χ0v) is 20.6. The third-order valence-corrected chi connectivity index (χ3v) is 8.73. The van der Waals surface area contributed by atoms with Gasteiger partial charge in [-0.2, -0.15) is 9.40 Å². The van der Waals surface area contributed by atoms with Crippen LogP contribution in [0, 0.1) is 12.7 Å². The quantitative estimate of drug-likeness (QED) is 0.420. The van der Waals surface area contributed by atoms with Gasteiger partial charge in [0.25, 0.3) is 0 Å². The van der Waals surface area contributed by atoms with E-state index < -0.39 is 15.8 Å². The summed E-state index contributed by atoms with van der Waals surface area (Å²) in [5.41, 5.74) is 2.71. The fourth-order valence-electron chi connectivity index (χ4n) is 4.68. The molecule has 4 aromatic rings. The molecule has 0 atom stereocenters. The van der Waals surface area contributed by atoms with Gasteiger partial charge in [-0.15, -0.1) is 10.2 Å². The summed E-state index contributed by atoms with van der Waals surface area (Å²) in [4.78, 5) is 6.84. The molecule has 0 bridgehead atoms. The highest BCUT2D eigenvalue weighted by Crippen LogP contribution is 2.32. The van der Waals surface area contributed by atoms with Crippen molar-refractivity contribution in [2.24, 2.45) is 7.05 Å². The lowest BCUT2D eigenvalue weighted by Crippen LogP contribution is -2.46. The topological polar surface area (TPSA) is 97.1 Å². The number of fused-ring (bicyclic) bond motifs is 1. The minimum atomic E-state index is -3.74. The number of sulfonamides is 1. The fraction of sp³-hybridized carbons (Fsp3) is 0.333. The predicted octanol–water partition coefficient (Wildman–Crippen LogP) is 3.16. The van der Waals surface area contributed by atoms with Crippen molar-refractivity contribution in [1.82, 2.24) is 29.3 Å². The monoisotopic (exact) mass is 495 g/mol. The molecular formula is C24H26FN7O2S. The van der Waals surface area contributed by atoms with Crippen LogP contribution < -0.4 is 4.90 Å².